The molecule has 0 amide bonds. The van der Waals surface area contributed by atoms with Crippen molar-refractivity contribution in [2.45, 2.75) is 20.8 Å². The first-order chi connectivity index (χ1) is 37.0. The SMILES string of the molecule is C=C/C=C\C.Cc1c2ccccc2c(C)c2cc3c(cc12)B1c2c(cc4c(oc5ccccc54)c2-c2cc4ccccc4c4c5c6ccccc6ccc5n1c24)N3c1cc(-c2ccccc2)cc(-c2ccccc2)c1. The van der Waals surface area contributed by atoms with Gasteiger partial charge in [0.15, 0.2) is 0 Å². The number of nitrogens with zero attached hydrogens (tertiary/aromatic N) is 2. The van der Waals surface area contributed by atoms with Crippen LogP contribution in [0, 0.1) is 13.8 Å². The number of rotatable bonds is 4. The average Bonchev–Trinajstić information content (AvgIpc) is 4.24. The van der Waals surface area contributed by atoms with Crippen LogP contribution in [0.25, 0.3) is 120 Å². The van der Waals surface area contributed by atoms with Crippen LogP contribution in [0.3, 0.4) is 0 Å². The van der Waals surface area contributed by atoms with Gasteiger partial charge in [0.1, 0.15) is 11.2 Å². The van der Waals surface area contributed by atoms with Crippen molar-refractivity contribution < 1.29 is 4.42 Å². The fourth-order valence-corrected chi connectivity index (χ4v) is 13.1. The topological polar surface area (TPSA) is 21.3 Å². The standard InChI is InChI=1S/C66H41BN2O.C5H8/c1-38-47-23-13-14-24-48(47)39(2)53-36-58-56(35-52(38)53)67-64-59(68(58)46-32-44(40-17-5-3-6-18-40)31-45(33-46)41-19-7-4-8-20-41)37-54-51-27-15-16-28-60(51)70-66(54)63(64)55-34-43-22-10-12-26-50(43)62-61-49-25-11-9-21-42(49)29-30-57(61)69(67)65(55)62;1-3-5-4-2/h3-37H,1-2H3;3-5H,1H2,2H3/b;5-4-. The molecule has 75 heavy (non-hydrogen) atoms. The molecule has 0 fully saturated rings. The van der Waals surface area contributed by atoms with E-state index in [0.717, 1.165) is 27.6 Å². The molecule has 0 aliphatic carbocycles. The minimum Gasteiger partial charge on any atom is -0.455 e. The lowest BCUT2D eigenvalue weighted by Crippen LogP contribution is -2.56. The summed E-state index contributed by atoms with van der Waals surface area (Å²) < 4.78 is 9.96. The number of fused-ring (bicyclic) bond motifs is 17. The van der Waals surface area contributed by atoms with Crippen LogP contribution >= 0.6 is 0 Å². The molecule has 0 saturated carbocycles. The molecule has 0 N–H and O–H groups in total. The fraction of sp³-hybridized carbons (Fsp3) is 0.0423. The number of para-hydroxylation sites is 1. The van der Waals surface area contributed by atoms with E-state index in [2.05, 4.69) is 242 Å². The molecule has 0 unspecified atom stereocenters. The number of aromatic nitrogens is 1. The zero-order chi connectivity index (χ0) is 50.1. The molecule has 2 aromatic heterocycles. The summed E-state index contributed by atoms with van der Waals surface area (Å²) >= 11 is 0. The molecule has 0 saturated heterocycles. The van der Waals surface area contributed by atoms with Crippen molar-refractivity contribution in [3.05, 3.63) is 248 Å². The van der Waals surface area contributed by atoms with E-state index in [4.69, 9.17) is 4.42 Å². The Morgan fingerprint density at radius 2 is 1.05 bits per heavy atom. The fourth-order valence-electron chi connectivity index (χ4n) is 13.1. The second-order valence-corrected chi connectivity index (χ2v) is 20.3. The highest BCUT2D eigenvalue weighted by Crippen LogP contribution is 2.53. The summed E-state index contributed by atoms with van der Waals surface area (Å²) in [6.45, 7) is 9.87. The molecule has 16 rings (SSSR count). The molecule has 2 aliphatic rings. The maximum atomic E-state index is 7.23. The van der Waals surface area contributed by atoms with Crippen LogP contribution < -0.4 is 15.8 Å². The number of allylic oxidation sites excluding steroid dienone is 3. The molecule has 0 atom stereocenters. The molecule has 14 aromatic rings. The summed E-state index contributed by atoms with van der Waals surface area (Å²) in [5.41, 5.74) is 20.0. The zero-order valence-corrected chi connectivity index (χ0v) is 42.0. The highest BCUT2D eigenvalue weighted by Gasteiger charge is 2.45. The minimum absolute atomic E-state index is 0.190. The molecule has 4 heteroatoms. The van der Waals surface area contributed by atoms with E-state index in [1.54, 1.807) is 6.08 Å². The molecule has 352 valence electrons. The Morgan fingerprint density at radius 1 is 0.480 bits per heavy atom. The molecular weight excluding hydrogens is 908 g/mol. The predicted molar refractivity (Wildman–Crippen MR) is 323 cm³/mol. The summed E-state index contributed by atoms with van der Waals surface area (Å²) in [7, 11) is 0. The van der Waals surface area contributed by atoms with Crippen LogP contribution in [0.4, 0.5) is 17.1 Å². The number of benzene rings is 12. The Bertz CT molecular complexity index is 4710. The van der Waals surface area contributed by atoms with Gasteiger partial charge >= 0.3 is 6.85 Å². The molecule has 0 spiro atoms. The van der Waals surface area contributed by atoms with Gasteiger partial charge in [-0.25, -0.2) is 0 Å². The van der Waals surface area contributed by atoms with Gasteiger partial charge in [-0.2, -0.15) is 0 Å². The highest BCUT2D eigenvalue weighted by atomic mass is 16.3. The van der Waals surface area contributed by atoms with Crippen LogP contribution in [0.5, 0.6) is 0 Å². The van der Waals surface area contributed by atoms with Crippen LogP contribution in [-0.2, 0) is 0 Å². The van der Waals surface area contributed by atoms with Crippen LogP contribution in [-0.4, -0.2) is 11.3 Å². The van der Waals surface area contributed by atoms with Crippen molar-refractivity contribution in [2.24, 2.45) is 0 Å². The Morgan fingerprint density at radius 3 is 1.71 bits per heavy atom. The lowest BCUT2D eigenvalue weighted by atomic mass is 9.44. The minimum atomic E-state index is -0.190. The Balaban J connectivity index is 0.000000949. The summed E-state index contributed by atoms with van der Waals surface area (Å²) in [6, 6.07) is 79.2. The van der Waals surface area contributed by atoms with Gasteiger partial charge in [-0.3, -0.25) is 0 Å². The van der Waals surface area contributed by atoms with Gasteiger partial charge in [-0.1, -0.05) is 189 Å². The number of hydrogen-bond acceptors (Lipinski definition) is 2. The Kier molecular flexibility index (Phi) is 9.55. The maximum Gasteiger partial charge on any atom is 0.333 e. The number of anilines is 3. The first-order valence-corrected chi connectivity index (χ1v) is 26.1. The lowest BCUT2D eigenvalue weighted by Gasteiger charge is -2.41. The van der Waals surface area contributed by atoms with Crippen LogP contribution in [0.1, 0.15) is 18.1 Å². The van der Waals surface area contributed by atoms with Gasteiger partial charge < -0.3 is 13.8 Å². The quantitative estimate of drug-likeness (QED) is 0.0996. The molecule has 0 radical (unpaired) electrons. The average molecular weight is 957 g/mol. The van der Waals surface area contributed by atoms with E-state index in [9.17, 15) is 0 Å². The van der Waals surface area contributed by atoms with Gasteiger partial charge in [0.25, 0.3) is 0 Å². The van der Waals surface area contributed by atoms with E-state index in [-0.39, 0.29) is 6.85 Å². The van der Waals surface area contributed by atoms with E-state index in [1.807, 2.05) is 19.1 Å². The van der Waals surface area contributed by atoms with Crippen LogP contribution in [0.2, 0.25) is 0 Å². The van der Waals surface area contributed by atoms with Gasteiger partial charge in [-0.05, 0) is 157 Å². The summed E-state index contributed by atoms with van der Waals surface area (Å²) in [6.07, 6.45) is 5.58. The summed E-state index contributed by atoms with van der Waals surface area (Å²) in [5, 5.41) is 15.0. The van der Waals surface area contributed by atoms with Gasteiger partial charge in [0, 0.05) is 60.8 Å². The van der Waals surface area contributed by atoms with Crippen molar-refractivity contribution >= 4 is 122 Å². The van der Waals surface area contributed by atoms with Crippen molar-refractivity contribution in [1.29, 1.82) is 0 Å². The third-order valence-corrected chi connectivity index (χ3v) is 16.4. The first kappa shape index (κ1) is 43.2. The number of hydrogen-bond donors (Lipinski definition) is 0. The zero-order valence-electron chi connectivity index (χ0n) is 42.0. The Labute approximate surface area is 435 Å². The predicted octanol–water partition coefficient (Wildman–Crippen LogP) is 18.4. The smallest absolute Gasteiger partial charge is 0.333 e. The third-order valence-electron chi connectivity index (χ3n) is 16.4. The van der Waals surface area contributed by atoms with Crippen LogP contribution in [0.15, 0.2) is 242 Å². The summed E-state index contributed by atoms with van der Waals surface area (Å²) in [4.78, 5) is 2.61. The molecule has 2 aliphatic heterocycles. The maximum absolute atomic E-state index is 7.23. The van der Waals surface area contributed by atoms with Crippen molar-refractivity contribution in [3.8, 4) is 33.4 Å². The monoisotopic (exact) mass is 956 g/mol. The van der Waals surface area contributed by atoms with E-state index < -0.39 is 0 Å². The molecule has 12 aromatic carbocycles. The normalized spacial score (nSPS) is 12.7. The molecule has 3 nitrogen and oxygen atoms in total. The number of furan rings is 1. The Hall–Kier alpha value is -9.38. The number of aryl methyl sites for hydroxylation is 2. The van der Waals surface area contributed by atoms with Gasteiger partial charge in [-0.15, -0.1) is 0 Å². The summed E-state index contributed by atoms with van der Waals surface area (Å²) in [5.74, 6) is 0. The van der Waals surface area contributed by atoms with E-state index in [1.165, 1.54) is 132 Å². The second kappa shape index (κ2) is 16.6. The lowest BCUT2D eigenvalue weighted by molar-refractivity contribution is 0.670. The van der Waals surface area contributed by atoms with Crippen molar-refractivity contribution in [1.82, 2.24) is 4.48 Å². The van der Waals surface area contributed by atoms with E-state index in [0.29, 0.717) is 0 Å². The van der Waals surface area contributed by atoms with Gasteiger partial charge in [0.05, 0.1) is 0 Å². The second-order valence-electron chi connectivity index (χ2n) is 20.3. The van der Waals surface area contributed by atoms with Crippen molar-refractivity contribution in [3.63, 3.8) is 0 Å². The molecule has 4 heterocycles. The first-order valence-electron chi connectivity index (χ1n) is 26.1. The van der Waals surface area contributed by atoms with Crippen molar-refractivity contribution in [2.75, 3.05) is 4.90 Å². The highest BCUT2D eigenvalue weighted by molar-refractivity contribution is 6.90. The largest absolute Gasteiger partial charge is 0.455 e. The van der Waals surface area contributed by atoms with E-state index >= 15 is 0 Å². The van der Waals surface area contributed by atoms with Gasteiger partial charge in [0.2, 0.25) is 0 Å². The molecule has 0 bridgehead atoms. The third kappa shape index (κ3) is 6.23. The molecular formula is C71H49BN2O.